The average molecular weight is 320 g/mol. The Morgan fingerprint density at radius 3 is 2.76 bits per heavy atom. The highest BCUT2D eigenvalue weighted by molar-refractivity contribution is 7.89. The second-order valence-corrected chi connectivity index (χ2v) is 7.41. The lowest BCUT2D eigenvalue weighted by molar-refractivity contribution is 0.559. The summed E-state index contributed by atoms with van der Waals surface area (Å²) in [5, 5.41) is 12.9. The minimum Gasteiger partial charge on any atom is -0.208 e. The van der Waals surface area contributed by atoms with E-state index in [9.17, 15) is 8.42 Å². The van der Waals surface area contributed by atoms with E-state index in [-0.39, 0.29) is 10.9 Å². The number of hydrogen-bond donors (Lipinski definition) is 1. The van der Waals surface area contributed by atoms with Gasteiger partial charge in [0.1, 0.15) is 0 Å². The lowest BCUT2D eigenvalue weighted by Crippen LogP contribution is -2.34. The maximum absolute atomic E-state index is 12.4. The van der Waals surface area contributed by atoms with Crippen molar-refractivity contribution in [3.63, 3.8) is 0 Å². The zero-order valence-electron chi connectivity index (χ0n) is 11.8. The first kappa shape index (κ1) is 15.7. The van der Waals surface area contributed by atoms with Crippen LogP contribution in [0.15, 0.2) is 39.9 Å². The van der Waals surface area contributed by atoms with Crippen molar-refractivity contribution in [1.82, 2.24) is 4.72 Å². The molecule has 0 aliphatic carbocycles. The second-order valence-electron chi connectivity index (χ2n) is 4.95. The van der Waals surface area contributed by atoms with Crippen LogP contribution in [0.25, 0.3) is 0 Å². The summed E-state index contributed by atoms with van der Waals surface area (Å²) >= 11 is 1.59. The van der Waals surface area contributed by atoms with Gasteiger partial charge in [-0.15, -0.1) is 0 Å². The van der Waals surface area contributed by atoms with Crippen molar-refractivity contribution in [3.05, 3.63) is 51.7 Å². The van der Waals surface area contributed by atoms with Gasteiger partial charge in [0.15, 0.2) is 0 Å². The van der Waals surface area contributed by atoms with Gasteiger partial charge >= 0.3 is 0 Å². The summed E-state index contributed by atoms with van der Waals surface area (Å²) in [6.45, 7) is 3.55. The lowest BCUT2D eigenvalue weighted by Gasteiger charge is -2.15. The number of nitrogens with zero attached hydrogens (tertiary/aromatic N) is 1. The SMILES string of the molecule is Cc1ccc(C#N)cc1S(=O)(=O)NC(C)Cc1ccsc1. The number of hydrogen-bond acceptors (Lipinski definition) is 4. The van der Waals surface area contributed by atoms with E-state index in [0.717, 1.165) is 5.56 Å². The van der Waals surface area contributed by atoms with Crippen LogP contribution in [-0.2, 0) is 16.4 Å². The molecule has 2 rings (SSSR count). The number of benzene rings is 1. The number of rotatable bonds is 5. The molecule has 0 amide bonds. The van der Waals surface area contributed by atoms with Gasteiger partial charge in [-0.05, 0) is 60.4 Å². The van der Waals surface area contributed by atoms with E-state index in [2.05, 4.69) is 4.72 Å². The molecule has 110 valence electrons. The molecule has 0 bridgehead atoms. The van der Waals surface area contributed by atoms with E-state index in [4.69, 9.17) is 5.26 Å². The van der Waals surface area contributed by atoms with Crippen molar-refractivity contribution in [2.24, 2.45) is 0 Å². The van der Waals surface area contributed by atoms with Crippen molar-refractivity contribution in [3.8, 4) is 6.07 Å². The minimum absolute atomic E-state index is 0.165. The fraction of sp³-hybridized carbons (Fsp3) is 0.267. The molecule has 1 N–H and O–H groups in total. The number of sulfonamides is 1. The summed E-state index contributed by atoms with van der Waals surface area (Å²) in [6, 6.07) is 8.41. The molecule has 0 aliphatic heterocycles. The standard InChI is InChI=1S/C15H16N2O2S2/c1-11-3-4-13(9-16)8-15(11)21(18,19)17-12(2)7-14-5-6-20-10-14/h3-6,8,10,12,17H,7H2,1-2H3. The van der Waals surface area contributed by atoms with Crippen molar-refractivity contribution < 1.29 is 8.42 Å². The molecule has 1 aromatic heterocycles. The molecule has 0 radical (unpaired) electrons. The Bertz CT molecular complexity index is 759. The van der Waals surface area contributed by atoms with Crippen LogP contribution in [0.5, 0.6) is 0 Å². The molecule has 0 fully saturated rings. The van der Waals surface area contributed by atoms with Crippen LogP contribution < -0.4 is 4.72 Å². The van der Waals surface area contributed by atoms with Gasteiger partial charge < -0.3 is 0 Å². The molecular formula is C15H16N2O2S2. The molecular weight excluding hydrogens is 304 g/mol. The Morgan fingerprint density at radius 1 is 1.38 bits per heavy atom. The lowest BCUT2D eigenvalue weighted by atomic mass is 10.1. The first-order chi connectivity index (χ1) is 9.92. The molecule has 0 saturated carbocycles. The van der Waals surface area contributed by atoms with E-state index in [0.29, 0.717) is 17.5 Å². The van der Waals surface area contributed by atoms with Crippen molar-refractivity contribution in [2.45, 2.75) is 31.2 Å². The summed E-state index contributed by atoms with van der Waals surface area (Å²) in [4.78, 5) is 0.165. The summed E-state index contributed by atoms with van der Waals surface area (Å²) < 4.78 is 27.6. The molecule has 0 aliphatic rings. The highest BCUT2D eigenvalue weighted by Crippen LogP contribution is 2.18. The zero-order valence-corrected chi connectivity index (χ0v) is 13.5. The monoisotopic (exact) mass is 320 g/mol. The van der Waals surface area contributed by atoms with Crippen LogP contribution in [0.1, 0.15) is 23.6 Å². The third-order valence-corrected chi connectivity index (χ3v) is 5.55. The predicted molar refractivity (Wildman–Crippen MR) is 83.7 cm³/mol. The number of thiophene rings is 1. The third-order valence-electron chi connectivity index (χ3n) is 3.09. The summed E-state index contributed by atoms with van der Waals surface area (Å²) in [5.41, 5.74) is 2.08. The zero-order chi connectivity index (χ0) is 15.5. The Kier molecular flexibility index (Phi) is 4.78. The van der Waals surface area contributed by atoms with Crippen LogP contribution in [0, 0.1) is 18.3 Å². The molecule has 0 saturated heterocycles. The highest BCUT2D eigenvalue weighted by atomic mass is 32.2. The van der Waals surface area contributed by atoms with E-state index in [1.165, 1.54) is 6.07 Å². The van der Waals surface area contributed by atoms with Crippen molar-refractivity contribution in [1.29, 1.82) is 5.26 Å². The van der Waals surface area contributed by atoms with Gasteiger partial charge in [-0.2, -0.15) is 16.6 Å². The minimum atomic E-state index is -3.62. The Labute approximate surface area is 129 Å². The molecule has 1 heterocycles. The van der Waals surface area contributed by atoms with Gasteiger partial charge in [-0.3, -0.25) is 0 Å². The topological polar surface area (TPSA) is 70.0 Å². The average Bonchev–Trinajstić information content (AvgIpc) is 2.91. The van der Waals surface area contributed by atoms with Gasteiger partial charge in [-0.25, -0.2) is 13.1 Å². The predicted octanol–water partition coefficient (Wildman–Crippen LogP) is 2.84. The van der Waals surface area contributed by atoms with Crippen molar-refractivity contribution >= 4 is 21.4 Å². The quantitative estimate of drug-likeness (QED) is 0.921. The van der Waals surface area contributed by atoms with Crippen LogP contribution in [-0.4, -0.2) is 14.5 Å². The normalized spacial score (nSPS) is 12.8. The largest absolute Gasteiger partial charge is 0.241 e. The fourth-order valence-electron chi connectivity index (χ4n) is 2.09. The maximum Gasteiger partial charge on any atom is 0.241 e. The highest BCUT2D eigenvalue weighted by Gasteiger charge is 2.20. The molecule has 4 nitrogen and oxygen atoms in total. The summed E-state index contributed by atoms with van der Waals surface area (Å²) in [6.07, 6.45) is 0.639. The van der Waals surface area contributed by atoms with E-state index < -0.39 is 10.0 Å². The molecule has 1 aromatic carbocycles. The van der Waals surface area contributed by atoms with E-state index in [1.807, 2.05) is 29.8 Å². The van der Waals surface area contributed by atoms with Crippen LogP contribution >= 0.6 is 11.3 Å². The Balaban J connectivity index is 2.20. The van der Waals surface area contributed by atoms with Gasteiger partial charge in [0.25, 0.3) is 0 Å². The summed E-state index contributed by atoms with van der Waals surface area (Å²) in [7, 11) is -3.62. The Hall–Kier alpha value is -1.68. The molecule has 6 heteroatoms. The second kappa shape index (κ2) is 6.39. The smallest absolute Gasteiger partial charge is 0.208 e. The molecule has 1 atom stereocenters. The third kappa shape index (κ3) is 3.91. The first-order valence-electron chi connectivity index (χ1n) is 6.46. The first-order valence-corrected chi connectivity index (χ1v) is 8.89. The number of aryl methyl sites for hydroxylation is 1. The number of nitriles is 1. The van der Waals surface area contributed by atoms with E-state index >= 15 is 0 Å². The number of nitrogens with one attached hydrogen (secondary N) is 1. The maximum atomic E-state index is 12.4. The van der Waals surface area contributed by atoms with E-state index in [1.54, 1.807) is 30.4 Å². The van der Waals surface area contributed by atoms with Gasteiger partial charge in [0, 0.05) is 6.04 Å². The molecule has 2 aromatic rings. The molecule has 0 spiro atoms. The summed E-state index contributed by atoms with van der Waals surface area (Å²) in [5.74, 6) is 0. The van der Waals surface area contributed by atoms with Crippen LogP contribution in [0.2, 0.25) is 0 Å². The van der Waals surface area contributed by atoms with Gasteiger partial charge in [0.05, 0.1) is 16.5 Å². The van der Waals surface area contributed by atoms with Gasteiger partial charge in [-0.1, -0.05) is 6.07 Å². The molecule has 1 unspecified atom stereocenters. The fourth-order valence-corrected chi connectivity index (χ4v) is 4.29. The van der Waals surface area contributed by atoms with Crippen LogP contribution in [0.3, 0.4) is 0 Å². The van der Waals surface area contributed by atoms with Crippen LogP contribution in [0.4, 0.5) is 0 Å². The Morgan fingerprint density at radius 2 is 2.14 bits per heavy atom. The van der Waals surface area contributed by atoms with Crippen molar-refractivity contribution in [2.75, 3.05) is 0 Å². The molecule has 21 heavy (non-hydrogen) atoms. The van der Waals surface area contributed by atoms with Gasteiger partial charge in [0.2, 0.25) is 10.0 Å².